The third-order valence-electron chi connectivity index (χ3n) is 10.8. The van der Waals surface area contributed by atoms with Crippen molar-refractivity contribution in [2.45, 2.75) is 0 Å². The van der Waals surface area contributed by atoms with E-state index >= 15 is 0 Å². The summed E-state index contributed by atoms with van der Waals surface area (Å²) in [7, 11) is 0. The molecular formula is C56H37NO. The molecule has 0 bridgehead atoms. The molecule has 0 amide bonds. The van der Waals surface area contributed by atoms with Crippen molar-refractivity contribution in [2.75, 3.05) is 4.90 Å². The number of rotatable bonds is 7. The molecule has 0 atom stereocenters. The number of anilines is 3. The minimum Gasteiger partial charge on any atom is -0.456 e. The van der Waals surface area contributed by atoms with Gasteiger partial charge in [0, 0.05) is 16.8 Å². The lowest BCUT2D eigenvalue weighted by atomic mass is 9.84. The molecule has 2 nitrogen and oxygen atoms in total. The molecule has 1 heterocycles. The first-order valence-electron chi connectivity index (χ1n) is 23.6. The average Bonchev–Trinajstić information content (AvgIpc) is 3.76. The van der Waals surface area contributed by atoms with Gasteiger partial charge in [0.1, 0.15) is 11.2 Å². The van der Waals surface area contributed by atoms with Crippen LogP contribution in [-0.4, -0.2) is 0 Å². The molecule has 0 aliphatic rings. The lowest BCUT2D eigenvalue weighted by molar-refractivity contribution is 0.669. The second kappa shape index (κ2) is 14.1. The predicted octanol–water partition coefficient (Wildman–Crippen LogP) is 16.0. The van der Waals surface area contributed by atoms with Gasteiger partial charge in [-0.15, -0.1) is 0 Å². The summed E-state index contributed by atoms with van der Waals surface area (Å²) < 4.78 is 86.1. The van der Waals surface area contributed by atoms with Crippen molar-refractivity contribution in [2.24, 2.45) is 0 Å². The highest BCUT2D eigenvalue weighted by Gasteiger charge is 2.21. The van der Waals surface area contributed by atoms with Crippen LogP contribution in [-0.2, 0) is 0 Å². The zero-order valence-corrected chi connectivity index (χ0v) is 31.0. The van der Waals surface area contributed by atoms with E-state index in [-0.39, 0.29) is 11.3 Å². The van der Waals surface area contributed by atoms with Gasteiger partial charge < -0.3 is 9.32 Å². The highest BCUT2D eigenvalue weighted by Crippen LogP contribution is 2.47. The number of hydrogen-bond donors (Lipinski definition) is 0. The SMILES string of the molecule is [2H]c1c([2H])c([2H])c(-c2c([2H])c([2H])c(N(c3ccc(-c4ccc5c(c4)c(-c4ccccc4)c(-c4ccccc4)c4ccccc45)cc3)c3cccc4oc5ccccc5c34)c([2H])c2[2H])c([2H])c1[2H]. The zero-order valence-electron chi connectivity index (χ0n) is 40.0. The number of benzene rings is 10. The molecule has 0 N–H and O–H groups in total. The molecular weight excluding hydrogens is 703 g/mol. The largest absolute Gasteiger partial charge is 0.456 e. The summed E-state index contributed by atoms with van der Waals surface area (Å²) in [6, 6.07) is 51.7. The van der Waals surface area contributed by atoms with E-state index in [0.29, 0.717) is 27.9 Å². The van der Waals surface area contributed by atoms with E-state index in [1.54, 1.807) is 4.90 Å². The number of furan rings is 1. The van der Waals surface area contributed by atoms with Crippen LogP contribution in [0.2, 0.25) is 0 Å². The van der Waals surface area contributed by atoms with Gasteiger partial charge in [-0.1, -0.05) is 176 Å². The minimum absolute atomic E-state index is 0.0878. The Balaban J connectivity index is 1.13. The third-order valence-corrected chi connectivity index (χ3v) is 10.8. The Kier molecular flexibility index (Phi) is 6.20. The normalized spacial score (nSPS) is 13.6. The van der Waals surface area contributed by atoms with E-state index in [4.69, 9.17) is 11.3 Å². The van der Waals surface area contributed by atoms with Crippen molar-refractivity contribution in [3.63, 3.8) is 0 Å². The Morgan fingerprint density at radius 2 is 0.914 bits per heavy atom. The Hall–Kier alpha value is -7.68. The fourth-order valence-corrected chi connectivity index (χ4v) is 8.23. The zero-order chi connectivity index (χ0) is 46.2. The minimum atomic E-state index is -0.634. The van der Waals surface area contributed by atoms with E-state index in [1.165, 1.54) is 0 Å². The average molecular weight is 749 g/mol. The van der Waals surface area contributed by atoms with E-state index < -0.39 is 59.9 Å². The monoisotopic (exact) mass is 748 g/mol. The van der Waals surface area contributed by atoms with Crippen molar-refractivity contribution in [3.05, 3.63) is 224 Å². The summed E-state index contributed by atoms with van der Waals surface area (Å²) in [5.74, 6) is 0. The second-order valence-electron chi connectivity index (χ2n) is 14.1. The molecule has 0 saturated heterocycles. The van der Waals surface area contributed by atoms with E-state index in [0.717, 1.165) is 60.3 Å². The fraction of sp³-hybridized carbons (Fsp3) is 0. The van der Waals surface area contributed by atoms with Crippen LogP contribution in [0.15, 0.2) is 229 Å². The summed E-state index contributed by atoms with van der Waals surface area (Å²) in [5, 5.41) is 6.00. The van der Waals surface area contributed by atoms with Crippen LogP contribution in [0.4, 0.5) is 17.1 Å². The van der Waals surface area contributed by atoms with Crippen molar-refractivity contribution in [3.8, 4) is 44.5 Å². The van der Waals surface area contributed by atoms with Crippen LogP contribution in [0.3, 0.4) is 0 Å². The highest BCUT2D eigenvalue weighted by molar-refractivity contribution is 6.22. The molecule has 11 rings (SSSR count). The van der Waals surface area contributed by atoms with E-state index in [2.05, 4.69) is 91.0 Å². The maximum atomic E-state index is 9.55. The van der Waals surface area contributed by atoms with Crippen LogP contribution < -0.4 is 4.90 Å². The van der Waals surface area contributed by atoms with Gasteiger partial charge in [-0.05, 0) is 115 Å². The van der Waals surface area contributed by atoms with Crippen LogP contribution in [0.25, 0.3) is 88.0 Å². The first-order chi connectivity index (χ1) is 32.5. The number of hydrogen-bond acceptors (Lipinski definition) is 2. The smallest absolute Gasteiger partial charge is 0.137 e. The molecule has 0 aliphatic carbocycles. The van der Waals surface area contributed by atoms with Crippen molar-refractivity contribution < 1.29 is 16.8 Å². The molecule has 2 heteroatoms. The Morgan fingerprint density at radius 1 is 0.345 bits per heavy atom. The molecule has 0 radical (unpaired) electrons. The number of fused-ring (bicyclic) bond motifs is 6. The van der Waals surface area contributed by atoms with Crippen LogP contribution in [0, 0.1) is 0 Å². The van der Waals surface area contributed by atoms with Gasteiger partial charge in [-0.3, -0.25) is 0 Å². The lowest BCUT2D eigenvalue weighted by Crippen LogP contribution is -2.10. The lowest BCUT2D eigenvalue weighted by Gasteiger charge is -2.26. The van der Waals surface area contributed by atoms with Gasteiger partial charge in [0.2, 0.25) is 0 Å². The third kappa shape index (κ3) is 5.74. The predicted molar refractivity (Wildman–Crippen MR) is 245 cm³/mol. The van der Waals surface area contributed by atoms with Crippen molar-refractivity contribution >= 4 is 60.5 Å². The number of nitrogens with zero attached hydrogens (tertiary/aromatic N) is 1. The molecule has 0 unspecified atom stereocenters. The molecule has 10 aromatic carbocycles. The molecule has 272 valence electrons. The Morgan fingerprint density at radius 3 is 1.64 bits per heavy atom. The molecule has 0 fully saturated rings. The molecule has 11 aromatic rings. The van der Waals surface area contributed by atoms with Gasteiger partial charge in [0.05, 0.1) is 23.4 Å². The quantitative estimate of drug-likeness (QED) is 0.151. The molecule has 0 saturated carbocycles. The topological polar surface area (TPSA) is 16.4 Å². The van der Waals surface area contributed by atoms with Gasteiger partial charge >= 0.3 is 0 Å². The van der Waals surface area contributed by atoms with Crippen molar-refractivity contribution in [1.82, 2.24) is 0 Å². The summed E-state index contributed by atoms with van der Waals surface area (Å²) in [5.41, 5.74) is 7.73. The van der Waals surface area contributed by atoms with Crippen LogP contribution in [0.1, 0.15) is 12.3 Å². The summed E-state index contributed by atoms with van der Waals surface area (Å²) in [4.78, 5) is 1.69. The van der Waals surface area contributed by atoms with E-state index in [9.17, 15) is 5.48 Å². The van der Waals surface area contributed by atoms with Gasteiger partial charge in [0.25, 0.3) is 0 Å². The summed E-state index contributed by atoms with van der Waals surface area (Å²) >= 11 is 0. The molecule has 58 heavy (non-hydrogen) atoms. The maximum Gasteiger partial charge on any atom is 0.137 e. The van der Waals surface area contributed by atoms with Crippen molar-refractivity contribution in [1.29, 1.82) is 0 Å². The maximum absolute atomic E-state index is 9.55. The van der Waals surface area contributed by atoms with Crippen LogP contribution >= 0.6 is 0 Å². The van der Waals surface area contributed by atoms with Crippen LogP contribution in [0.5, 0.6) is 0 Å². The summed E-state index contributed by atoms with van der Waals surface area (Å²) in [6.07, 6.45) is 0. The van der Waals surface area contributed by atoms with E-state index in [1.807, 2.05) is 78.9 Å². The first kappa shape index (κ1) is 25.5. The molecule has 0 aliphatic heterocycles. The second-order valence-corrected chi connectivity index (χ2v) is 14.1. The number of para-hydroxylation sites is 1. The summed E-state index contributed by atoms with van der Waals surface area (Å²) in [6.45, 7) is 0. The first-order valence-corrected chi connectivity index (χ1v) is 19.1. The van der Waals surface area contributed by atoms with Gasteiger partial charge in [-0.25, -0.2) is 0 Å². The fourth-order valence-electron chi connectivity index (χ4n) is 8.23. The Bertz CT molecular complexity index is 3740. The highest BCUT2D eigenvalue weighted by atomic mass is 16.3. The van der Waals surface area contributed by atoms with Gasteiger partial charge in [0.15, 0.2) is 0 Å². The molecule has 0 spiro atoms. The standard InChI is InChI=1S/C56H37NO/c1-4-15-38(16-5-1)39-27-32-44(33-28-39)57(51-24-14-26-53-56(51)49-23-12-13-25-52(49)58-53)45-34-29-40(30-35-45)43-31-36-47-46-21-10-11-22-48(46)54(41-17-6-2-7-18-41)55(50(47)37-43)42-19-8-3-9-20-42/h1-37H/i1D,4D,5D,15D,16D,27D,28D,32D,33D. The molecule has 1 aromatic heterocycles. The Labute approximate surface area is 350 Å². The van der Waals surface area contributed by atoms with Gasteiger partial charge in [-0.2, -0.15) is 0 Å².